The molecule has 2 N–H and O–H groups in total. The van der Waals surface area contributed by atoms with E-state index < -0.39 is 6.04 Å². The maximum absolute atomic E-state index is 11.5. The highest BCUT2D eigenvalue weighted by Gasteiger charge is 2.20. The fourth-order valence-corrected chi connectivity index (χ4v) is 2.06. The molecular formula is C11H20N2O2. The lowest BCUT2D eigenvalue weighted by atomic mass is 10.0. The molecule has 15 heavy (non-hydrogen) atoms. The van der Waals surface area contributed by atoms with Crippen LogP contribution in [-0.2, 0) is 9.59 Å². The molecular weight excluding hydrogens is 192 g/mol. The summed E-state index contributed by atoms with van der Waals surface area (Å²) in [4.78, 5) is 22.7. The van der Waals surface area contributed by atoms with Crippen molar-refractivity contribution in [3.8, 4) is 0 Å². The standard InChI is InChI=1S/C11H20N2O2/c1-8(11(15)12-2)13-10(14)7-9-5-3-4-6-9/h8-9H,3-7H2,1-2H3,(H,12,15)(H,13,14)/t8-/m0/s1. The van der Waals surface area contributed by atoms with E-state index in [9.17, 15) is 9.59 Å². The molecule has 0 aliphatic heterocycles. The minimum absolute atomic E-state index is 0.00185. The zero-order chi connectivity index (χ0) is 11.3. The molecule has 0 aromatic heterocycles. The summed E-state index contributed by atoms with van der Waals surface area (Å²) in [6.45, 7) is 1.70. The van der Waals surface area contributed by atoms with Crippen LogP contribution in [0.4, 0.5) is 0 Å². The highest BCUT2D eigenvalue weighted by Crippen LogP contribution is 2.27. The topological polar surface area (TPSA) is 58.2 Å². The molecule has 86 valence electrons. The van der Waals surface area contributed by atoms with Gasteiger partial charge in [-0.1, -0.05) is 12.8 Å². The number of amides is 2. The van der Waals surface area contributed by atoms with Crippen molar-refractivity contribution in [2.75, 3.05) is 7.05 Å². The van der Waals surface area contributed by atoms with E-state index in [4.69, 9.17) is 0 Å². The van der Waals surface area contributed by atoms with E-state index in [1.54, 1.807) is 14.0 Å². The smallest absolute Gasteiger partial charge is 0.242 e. The summed E-state index contributed by atoms with van der Waals surface area (Å²) >= 11 is 0. The molecule has 0 aromatic carbocycles. The van der Waals surface area contributed by atoms with Gasteiger partial charge in [-0.2, -0.15) is 0 Å². The summed E-state index contributed by atoms with van der Waals surface area (Å²) < 4.78 is 0. The minimum Gasteiger partial charge on any atom is -0.357 e. The van der Waals surface area contributed by atoms with Crippen LogP contribution >= 0.6 is 0 Å². The lowest BCUT2D eigenvalue weighted by Crippen LogP contribution is -2.43. The first kappa shape index (κ1) is 12.0. The van der Waals surface area contributed by atoms with E-state index in [0.717, 1.165) is 12.8 Å². The number of likely N-dealkylation sites (N-methyl/N-ethyl adjacent to an activating group) is 1. The monoisotopic (exact) mass is 212 g/mol. The first-order chi connectivity index (χ1) is 7.13. The van der Waals surface area contributed by atoms with E-state index in [1.807, 2.05) is 0 Å². The quantitative estimate of drug-likeness (QED) is 0.724. The third-order valence-corrected chi connectivity index (χ3v) is 2.97. The molecule has 1 rings (SSSR count). The van der Waals surface area contributed by atoms with E-state index in [2.05, 4.69) is 10.6 Å². The highest BCUT2D eigenvalue weighted by molar-refractivity contribution is 5.87. The van der Waals surface area contributed by atoms with Crippen LogP contribution in [0.5, 0.6) is 0 Å². The molecule has 1 atom stereocenters. The molecule has 0 radical (unpaired) electrons. The minimum atomic E-state index is -0.427. The SMILES string of the molecule is CNC(=O)[C@H](C)NC(=O)CC1CCCC1. The predicted octanol–water partition coefficient (Wildman–Crippen LogP) is 0.817. The van der Waals surface area contributed by atoms with Gasteiger partial charge in [0.05, 0.1) is 0 Å². The highest BCUT2D eigenvalue weighted by atomic mass is 16.2. The number of rotatable bonds is 4. The number of carbonyl (C=O) groups is 2. The fourth-order valence-electron chi connectivity index (χ4n) is 2.06. The van der Waals surface area contributed by atoms with Gasteiger partial charge in [0.2, 0.25) is 11.8 Å². The predicted molar refractivity (Wildman–Crippen MR) is 58.2 cm³/mol. The molecule has 0 heterocycles. The molecule has 0 aromatic rings. The summed E-state index contributed by atoms with van der Waals surface area (Å²) in [5.74, 6) is 0.384. The van der Waals surface area contributed by atoms with Crippen LogP contribution in [0.3, 0.4) is 0 Å². The molecule has 4 nitrogen and oxygen atoms in total. The van der Waals surface area contributed by atoms with Crippen LogP contribution in [0.2, 0.25) is 0 Å². The second-order valence-corrected chi connectivity index (χ2v) is 4.26. The third-order valence-electron chi connectivity index (χ3n) is 2.97. The molecule has 1 saturated carbocycles. The normalized spacial score (nSPS) is 18.5. The van der Waals surface area contributed by atoms with Crippen molar-refractivity contribution < 1.29 is 9.59 Å². The van der Waals surface area contributed by atoms with Crippen LogP contribution < -0.4 is 10.6 Å². The summed E-state index contributed by atoms with van der Waals surface area (Å²) in [5.41, 5.74) is 0. The van der Waals surface area contributed by atoms with Crippen LogP contribution in [0.15, 0.2) is 0 Å². The van der Waals surface area contributed by atoms with Gasteiger partial charge in [-0.3, -0.25) is 9.59 Å². The van der Waals surface area contributed by atoms with Gasteiger partial charge in [-0.25, -0.2) is 0 Å². The van der Waals surface area contributed by atoms with Crippen LogP contribution in [0.1, 0.15) is 39.0 Å². The Balaban J connectivity index is 2.25. The van der Waals surface area contributed by atoms with Gasteiger partial charge in [-0.15, -0.1) is 0 Å². The molecule has 0 bridgehead atoms. The van der Waals surface area contributed by atoms with Gasteiger partial charge in [-0.05, 0) is 25.7 Å². The van der Waals surface area contributed by atoms with Gasteiger partial charge < -0.3 is 10.6 Å². The van der Waals surface area contributed by atoms with Crippen molar-refractivity contribution in [2.45, 2.75) is 45.1 Å². The molecule has 0 unspecified atom stereocenters. The van der Waals surface area contributed by atoms with Crippen molar-refractivity contribution >= 4 is 11.8 Å². The molecule has 4 heteroatoms. The average molecular weight is 212 g/mol. The van der Waals surface area contributed by atoms with Crippen molar-refractivity contribution in [1.29, 1.82) is 0 Å². The van der Waals surface area contributed by atoms with Crippen LogP contribution in [-0.4, -0.2) is 24.9 Å². The number of hydrogen-bond donors (Lipinski definition) is 2. The molecule has 1 aliphatic rings. The second kappa shape index (κ2) is 5.73. The van der Waals surface area contributed by atoms with Crippen molar-refractivity contribution in [1.82, 2.24) is 10.6 Å². The van der Waals surface area contributed by atoms with Gasteiger partial charge in [0, 0.05) is 13.5 Å². The van der Waals surface area contributed by atoms with E-state index in [1.165, 1.54) is 12.8 Å². The van der Waals surface area contributed by atoms with Crippen molar-refractivity contribution in [2.24, 2.45) is 5.92 Å². The first-order valence-electron chi connectivity index (χ1n) is 5.64. The lowest BCUT2D eigenvalue weighted by molar-refractivity contribution is -0.128. The molecule has 1 aliphatic carbocycles. The Hall–Kier alpha value is -1.06. The first-order valence-corrected chi connectivity index (χ1v) is 5.64. The molecule has 2 amide bonds. The Morgan fingerprint density at radius 1 is 1.33 bits per heavy atom. The summed E-state index contributed by atoms with van der Waals surface area (Å²) in [6, 6.07) is -0.427. The van der Waals surface area contributed by atoms with Gasteiger partial charge in [0.25, 0.3) is 0 Å². The zero-order valence-electron chi connectivity index (χ0n) is 9.51. The van der Waals surface area contributed by atoms with Gasteiger partial charge in [0.1, 0.15) is 6.04 Å². The number of carbonyl (C=O) groups excluding carboxylic acids is 2. The van der Waals surface area contributed by atoms with E-state index >= 15 is 0 Å². The van der Waals surface area contributed by atoms with Crippen LogP contribution in [0.25, 0.3) is 0 Å². The van der Waals surface area contributed by atoms with Crippen molar-refractivity contribution in [3.05, 3.63) is 0 Å². The molecule has 1 fully saturated rings. The Morgan fingerprint density at radius 2 is 1.93 bits per heavy atom. The summed E-state index contributed by atoms with van der Waals surface area (Å²) in [6.07, 6.45) is 5.36. The fraction of sp³-hybridized carbons (Fsp3) is 0.818. The average Bonchev–Trinajstić information content (AvgIpc) is 2.68. The largest absolute Gasteiger partial charge is 0.357 e. The van der Waals surface area contributed by atoms with E-state index in [0.29, 0.717) is 12.3 Å². The Labute approximate surface area is 90.8 Å². The second-order valence-electron chi connectivity index (χ2n) is 4.26. The Bertz CT molecular complexity index is 235. The van der Waals surface area contributed by atoms with E-state index in [-0.39, 0.29) is 11.8 Å². The number of hydrogen-bond acceptors (Lipinski definition) is 2. The maximum Gasteiger partial charge on any atom is 0.242 e. The van der Waals surface area contributed by atoms with Crippen LogP contribution in [0, 0.1) is 5.92 Å². The van der Waals surface area contributed by atoms with Crippen molar-refractivity contribution in [3.63, 3.8) is 0 Å². The van der Waals surface area contributed by atoms with Gasteiger partial charge in [0.15, 0.2) is 0 Å². The van der Waals surface area contributed by atoms with Gasteiger partial charge >= 0.3 is 0 Å². The molecule has 0 spiro atoms. The zero-order valence-corrected chi connectivity index (χ0v) is 9.51. The lowest BCUT2D eigenvalue weighted by Gasteiger charge is -2.14. The Kier molecular flexibility index (Phi) is 4.59. The summed E-state index contributed by atoms with van der Waals surface area (Å²) in [7, 11) is 1.57. The maximum atomic E-state index is 11.5. The summed E-state index contributed by atoms with van der Waals surface area (Å²) in [5, 5.41) is 5.22. The third kappa shape index (κ3) is 3.90. The Morgan fingerprint density at radius 3 is 2.47 bits per heavy atom. The number of nitrogens with one attached hydrogen (secondary N) is 2. The molecule has 0 saturated heterocycles.